The van der Waals surface area contributed by atoms with Gasteiger partial charge in [-0.25, -0.2) is 9.97 Å². The number of hydrogen-bond donors (Lipinski definition) is 1. The number of ether oxygens (including phenoxy) is 1. The van der Waals surface area contributed by atoms with E-state index < -0.39 is 29.9 Å². The third-order valence-electron chi connectivity index (χ3n) is 4.49. The van der Waals surface area contributed by atoms with Crippen molar-refractivity contribution in [2.45, 2.75) is 25.4 Å². The molecule has 1 aromatic heterocycles. The van der Waals surface area contributed by atoms with E-state index in [1.807, 2.05) is 0 Å². The van der Waals surface area contributed by atoms with Crippen LogP contribution in [0, 0.1) is 5.92 Å². The first kappa shape index (κ1) is 21.7. The fourth-order valence-corrected chi connectivity index (χ4v) is 3.03. The second kappa shape index (κ2) is 8.36. The van der Waals surface area contributed by atoms with E-state index in [1.165, 1.54) is 12.1 Å². The standard InChI is InChI=1S/C18H16F6N4O2/c19-17(20,21)14-9-15(26-10-25-14)28-7-5-11(6-8-28)16(29)27-12-1-3-13(4-2-12)30-18(22,23)24/h1-4,9-11H,5-8H2,(H,27,29). The second-order valence-electron chi connectivity index (χ2n) is 6.58. The van der Waals surface area contributed by atoms with E-state index in [-0.39, 0.29) is 11.7 Å². The first-order valence-corrected chi connectivity index (χ1v) is 8.82. The van der Waals surface area contributed by atoms with Crippen molar-refractivity contribution in [1.29, 1.82) is 0 Å². The highest BCUT2D eigenvalue weighted by molar-refractivity contribution is 5.92. The Morgan fingerprint density at radius 3 is 2.23 bits per heavy atom. The van der Waals surface area contributed by atoms with Crippen LogP contribution in [0.3, 0.4) is 0 Å². The first-order valence-electron chi connectivity index (χ1n) is 8.82. The number of amides is 1. The van der Waals surface area contributed by atoms with Crippen LogP contribution >= 0.6 is 0 Å². The van der Waals surface area contributed by atoms with Gasteiger partial charge < -0.3 is 15.0 Å². The van der Waals surface area contributed by atoms with Gasteiger partial charge in [-0.05, 0) is 37.1 Å². The summed E-state index contributed by atoms with van der Waals surface area (Å²) in [6.07, 6.45) is -7.76. The molecule has 0 spiro atoms. The highest BCUT2D eigenvalue weighted by Crippen LogP contribution is 2.30. The summed E-state index contributed by atoms with van der Waals surface area (Å²) in [5.74, 6) is -0.984. The van der Waals surface area contributed by atoms with Crippen molar-refractivity contribution in [3.63, 3.8) is 0 Å². The lowest BCUT2D eigenvalue weighted by atomic mass is 9.95. The number of hydrogen-bond acceptors (Lipinski definition) is 5. The number of piperidine rings is 1. The van der Waals surface area contributed by atoms with E-state index in [4.69, 9.17) is 0 Å². The minimum atomic E-state index is -4.80. The largest absolute Gasteiger partial charge is 0.573 e. The number of anilines is 2. The lowest BCUT2D eigenvalue weighted by Crippen LogP contribution is -2.38. The van der Waals surface area contributed by atoms with E-state index in [2.05, 4.69) is 20.0 Å². The minimum Gasteiger partial charge on any atom is -0.406 e. The maximum atomic E-state index is 12.8. The van der Waals surface area contributed by atoms with E-state index in [0.717, 1.165) is 24.5 Å². The Balaban J connectivity index is 1.54. The van der Waals surface area contributed by atoms with Crippen molar-refractivity contribution in [1.82, 2.24) is 9.97 Å². The van der Waals surface area contributed by atoms with Gasteiger partial charge in [0, 0.05) is 30.8 Å². The van der Waals surface area contributed by atoms with Crippen LogP contribution < -0.4 is 15.0 Å². The molecule has 0 bridgehead atoms. The molecule has 1 aliphatic heterocycles. The quantitative estimate of drug-likeness (QED) is 0.729. The smallest absolute Gasteiger partial charge is 0.406 e. The van der Waals surface area contributed by atoms with Gasteiger partial charge in [0.15, 0.2) is 0 Å². The van der Waals surface area contributed by atoms with Crippen molar-refractivity contribution in [3.8, 4) is 5.75 Å². The second-order valence-corrected chi connectivity index (χ2v) is 6.58. The lowest BCUT2D eigenvalue weighted by Gasteiger charge is -2.32. The van der Waals surface area contributed by atoms with Crippen LogP contribution in [0.5, 0.6) is 5.75 Å². The number of aromatic nitrogens is 2. The molecule has 1 aliphatic rings. The molecule has 1 fully saturated rings. The molecule has 0 radical (unpaired) electrons. The van der Waals surface area contributed by atoms with Gasteiger partial charge in [0.2, 0.25) is 5.91 Å². The van der Waals surface area contributed by atoms with Crippen molar-refractivity contribution in [2.75, 3.05) is 23.3 Å². The van der Waals surface area contributed by atoms with E-state index >= 15 is 0 Å². The molecule has 30 heavy (non-hydrogen) atoms. The Kier molecular flexibility index (Phi) is 6.04. The van der Waals surface area contributed by atoms with Crippen molar-refractivity contribution in [3.05, 3.63) is 42.4 Å². The minimum absolute atomic E-state index is 0.136. The zero-order chi connectivity index (χ0) is 21.9. The molecule has 2 aromatic rings. The Hall–Kier alpha value is -3.05. The van der Waals surface area contributed by atoms with Crippen LogP contribution in [0.4, 0.5) is 37.8 Å². The zero-order valence-electron chi connectivity index (χ0n) is 15.3. The number of carbonyl (C=O) groups excluding carboxylic acids is 1. The molecular formula is C18H16F6N4O2. The molecule has 0 saturated carbocycles. The van der Waals surface area contributed by atoms with Gasteiger partial charge in [-0.1, -0.05) is 0 Å². The fourth-order valence-electron chi connectivity index (χ4n) is 3.03. The SMILES string of the molecule is O=C(Nc1ccc(OC(F)(F)F)cc1)C1CCN(c2cc(C(F)(F)F)ncn2)CC1. The number of nitrogens with zero attached hydrogens (tertiary/aromatic N) is 3. The molecule has 3 rings (SSSR count). The summed E-state index contributed by atoms with van der Waals surface area (Å²) in [7, 11) is 0. The molecule has 162 valence electrons. The fraction of sp³-hybridized carbons (Fsp3) is 0.389. The van der Waals surface area contributed by atoms with Crippen LogP contribution in [0.15, 0.2) is 36.7 Å². The molecule has 0 atom stereocenters. The molecule has 1 saturated heterocycles. The van der Waals surface area contributed by atoms with E-state index in [1.54, 1.807) is 4.90 Å². The summed E-state index contributed by atoms with van der Waals surface area (Å²) in [6.45, 7) is 0.648. The van der Waals surface area contributed by atoms with Crippen LogP contribution in [0.25, 0.3) is 0 Å². The van der Waals surface area contributed by atoms with Gasteiger partial charge >= 0.3 is 12.5 Å². The highest BCUT2D eigenvalue weighted by atomic mass is 19.4. The lowest BCUT2D eigenvalue weighted by molar-refractivity contribution is -0.274. The van der Waals surface area contributed by atoms with Crippen molar-refractivity contribution < 1.29 is 35.9 Å². The zero-order valence-corrected chi connectivity index (χ0v) is 15.3. The van der Waals surface area contributed by atoms with Gasteiger partial charge in [0.05, 0.1) is 0 Å². The molecule has 0 aliphatic carbocycles. The number of alkyl halides is 6. The Bertz CT molecular complexity index is 877. The van der Waals surface area contributed by atoms with Gasteiger partial charge in [0.1, 0.15) is 23.6 Å². The summed E-state index contributed by atoms with van der Waals surface area (Å²) in [5.41, 5.74) is -0.729. The summed E-state index contributed by atoms with van der Waals surface area (Å²) in [5, 5.41) is 2.62. The maximum absolute atomic E-state index is 12.8. The molecule has 1 N–H and O–H groups in total. The number of rotatable bonds is 4. The third-order valence-corrected chi connectivity index (χ3v) is 4.49. The van der Waals surface area contributed by atoms with Gasteiger partial charge in [-0.2, -0.15) is 13.2 Å². The van der Waals surface area contributed by atoms with Crippen LogP contribution in [0.1, 0.15) is 18.5 Å². The average Bonchev–Trinajstić information content (AvgIpc) is 2.68. The Labute approximate surface area is 166 Å². The van der Waals surface area contributed by atoms with Gasteiger partial charge in [-0.15, -0.1) is 13.2 Å². The summed E-state index contributed by atoms with van der Waals surface area (Å²) < 4.78 is 78.6. The predicted octanol–water partition coefficient (Wildman–Crippen LogP) is 4.25. The predicted molar refractivity (Wildman–Crippen MR) is 93.7 cm³/mol. The number of benzene rings is 1. The molecule has 1 amide bonds. The van der Waals surface area contributed by atoms with Gasteiger partial charge in [0.25, 0.3) is 0 Å². The summed E-state index contributed by atoms with van der Waals surface area (Å²) in [4.78, 5) is 21.1. The monoisotopic (exact) mass is 434 g/mol. The number of carbonyl (C=O) groups is 1. The molecule has 0 unspecified atom stereocenters. The van der Waals surface area contributed by atoms with Crippen LogP contribution in [0.2, 0.25) is 0 Å². The molecule has 2 heterocycles. The Morgan fingerprint density at radius 1 is 1.03 bits per heavy atom. The molecule has 1 aromatic carbocycles. The number of halogens is 6. The summed E-state index contributed by atoms with van der Waals surface area (Å²) in [6, 6.07) is 5.60. The average molecular weight is 434 g/mol. The van der Waals surface area contributed by atoms with Gasteiger partial charge in [-0.3, -0.25) is 4.79 Å². The van der Waals surface area contributed by atoms with Crippen molar-refractivity contribution >= 4 is 17.4 Å². The molecular weight excluding hydrogens is 418 g/mol. The van der Waals surface area contributed by atoms with Crippen LogP contribution in [-0.4, -0.2) is 35.3 Å². The highest BCUT2D eigenvalue weighted by Gasteiger charge is 2.34. The normalized spacial score (nSPS) is 15.7. The number of nitrogens with one attached hydrogen (secondary N) is 1. The maximum Gasteiger partial charge on any atom is 0.573 e. The van der Waals surface area contributed by atoms with Crippen LogP contribution in [-0.2, 0) is 11.0 Å². The van der Waals surface area contributed by atoms with E-state index in [0.29, 0.717) is 31.6 Å². The first-order chi connectivity index (χ1) is 14.0. The molecule has 6 nitrogen and oxygen atoms in total. The molecule has 12 heteroatoms. The Morgan fingerprint density at radius 2 is 1.67 bits per heavy atom. The van der Waals surface area contributed by atoms with Crippen molar-refractivity contribution in [2.24, 2.45) is 5.92 Å². The summed E-state index contributed by atoms with van der Waals surface area (Å²) >= 11 is 0. The topological polar surface area (TPSA) is 67.3 Å². The third kappa shape index (κ3) is 5.74. The van der Waals surface area contributed by atoms with E-state index in [9.17, 15) is 31.1 Å².